The maximum Gasteiger partial charge on any atom is 0.408 e. The summed E-state index contributed by atoms with van der Waals surface area (Å²) in [6.07, 6.45) is 1.82. The Labute approximate surface area is 200 Å². The molecule has 1 fully saturated rings. The average molecular weight is 465 g/mol. The zero-order valence-corrected chi connectivity index (χ0v) is 19.8. The molecule has 0 bridgehead atoms. The predicted octanol–water partition coefficient (Wildman–Crippen LogP) is 4.55. The van der Waals surface area contributed by atoms with Crippen molar-refractivity contribution < 1.29 is 24.2 Å². The fourth-order valence-corrected chi connectivity index (χ4v) is 5.42. The molecule has 2 aromatic rings. The molecule has 1 heterocycles. The van der Waals surface area contributed by atoms with Gasteiger partial charge in [-0.2, -0.15) is 0 Å². The number of carboxylic acids is 1. The zero-order valence-electron chi connectivity index (χ0n) is 19.8. The van der Waals surface area contributed by atoms with Crippen molar-refractivity contribution in [2.75, 3.05) is 13.2 Å². The van der Waals surface area contributed by atoms with Gasteiger partial charge >= 0.3 is 12.1 Å². The minimum absolute atomic E-state index is 0.0650. The number of ether oxygens (including phenoxy) is 1. The monoisotopic (exact) mass is 464 g/mol. The number of nitrogens with one attached hydrogen (secondary N) is 1. The van der Waals surface area contributed by atoms with Crippen LogP contribution < -0.4 is 5.32 Å². The number of likely N-dealkylation sites (tertiary alicyclic amines) is 1. The molecule has 2 aromatic carbocycles. The van der Waals surface area contributed by atoms with E-state index in [9.17, 15) is 19.5 Å². The van der Waals surface area contributed by atoms with Crippen molar-refractivity contribution in [3.05, 3.63) is 59.7 Å². The van der Waals surface area contributed by atoms with Crippen LogP contribution in [0.5, 0.6) is 0 Å². The van der Waals surface area contributed by atoms with Gasteiger partial charge in [-0.15, -0.1) is 0 Å². The molecule has 1 unspecified atom stereocenters. The van der Waals surface area contributed by atoms with Gasteiger partial charge in [0.2, 0.25) is 5.91 Å². The topological polar surface area (TPSA) is 95.9 Å². The van der Waals surface area contributed by atoms with E-state index in [-0.39, 0.29) is 30.9 Å². The first-order chi connectivity index (χ1) is 16.3. The molecule has 2 atom stereocenters. The van der Waals surface area contributed by atoms with E-state index in [1.807, 2.05) is 31.2 Å². The molecule has 0 radical (unpaired) electrons. The molecule has 2 amide bonds. The highest BCUT2D eigenvalue weighted by atomic mass is 16.5. The lowest BCUT2D eigenvalue weighted by atomic mass is 9.93. The first-order valence-electron chi connectivity index (χ1n) is 12.0. The molecule has 2 aliphatic rings. The van der Waals surface area contributed by atoms with Crippen LogP contribution >= 0.6 is 0 Å². The molecule has 2 N–H and O–H groups in total. The van der Waals surface area contributed by atoms with Crippen LogP contribution in [0.4, 0.5) is 4.79 Å². The normalized spacial score (nSPS) is 18.6. The summed E-state index contributed by atoms with van der Waals surface area (Å²) in [7, 11) is 0. The van der Waals surface area contributed by atoms with Crippen LogP contribution in [0.1, 0.15) is 63.0 Å². The molecule has 4 rings (SSSR count). The number of carbonyl (C=O) groups is 3. The number of hydrogen-bond donors (Lipinski definition) is 2. The number of nitrogens with zero attached hydrogens (tertiary/aromatic N) is 1. The number of rotatable bonds is 8. The Morgan fingerprint density at radius 3 is 2.29 bits per heavy atom. The van der Waals surface area contributed by atoms with Crippen molar-refractivity contribution >= 4 is 18.0 Å². The number of amides is 2. The molecule has 1 aliphatic heterocycles. The quantitative estimate of drug-likeness (QED) is 0.598. The Morgan fingerprint density at radius 1 is 1.09 bits per heavy atom. The maximum atomic E-state index is 13.4. The first-order valence-corrected chi connectivity index (χ1v) is 12.0. The van der Waals surface area contributed by atoms with E-state index in [1.165, 1.54) is 0 Å². The fourth-order valence-electron chi connectivity index (χ4n) is 5.42. The van der Waals surface area contributed by atoms with Crippen molar-refractivity contribution in [3.8, 4) is 11.1 Å². The molecule has 1 saturated heterocycles. The van der Waals surface area contributed by atoms with Crippen LogP contribution in [0.15, 0.2) is 48.5 Å². The molecule has 180 valence electrons. The lowest BCUT2D eigenvalue weighted by Crippen LogP contribution is -2.59. The highest BCUT2D eigenvalue weighted by molar-refractivity contribution is 5.90. The van der Waals surface area contributed by atoms with E-state index < -0.39 is 17.6 Å². The fraction of sp³-hybridized carbons (Fsp3) is 0.444. The largest absolute Gasteiger partial charge is 0.481 e. The van der Waals surface area contributed by atoms with Gasteiger partial charge in [0.05, 0.1) is 6.42 Å². The average Bonchev–Trinajstić information content (AvgIpc) is 3.39. The minimum atomic E-state index is -1.15. The van der Waals surface area contributed by atoms with E-state index in [4.69, 9.17) is 4.74 Å². The molecular formula is C27H32N2O5. The smallest absolute Gasteiger partial charge is 0.408 e. The Balaban J connectivity index is 1.45. The van der Waals surface area contributed by atoms with Crippen LogP contribution in [0.2, 0.25) is 0 Å². The van der Waals surface area contributed by atoms with E-state index in [1.54, 1.807) is 11.8 Å². The number of benzene rings is 2. The molecule has 34 heavy (non-hydrogen) atoms. The molecule has 0 aromatic heterocycles. The zero-order chi connectivity index (χ0) is 24.3. The second-order valence-corrected chi connectivity index (χ2v) is 9.43. The van der Waals surface area contributed by atoms with Crippen molar-refractivity contribution in [2.45, 2.75) is 63.5 Å². The van der Waals surface area contributed by atoms with Crippen molar-refractivity contribution in [1.82, 2.24) is 10.2 Å². The van der Waals surface area contributed by atoms with Gasteiger partial charge in [-0.05, 0) is 48.4 Å². The summed E-state index contributed by atoms with van der Waals surface area (Å²) in [4.78, 5) is 39.2. The van der Waals surface area contributed by atoms with Crippen molar-refractivity contribution in [2.24, 2.45) is 0 Å². The molecule has 0 saturated carbocycles. The van der Waals surface area contributed by atoms with E-state index >= 15 is 0 Å². The highest BCUT2D eigenvalue weighted by Gasteiger charge is 2.42. The molecule has 7 heteroatoms. The second-order valence-electron chi connectivity index (χ2n) is 9.43. The molecule has 1 aliphatic carbocycles. The number of carboxylic acid groups (broad SMARTS) is 1. The van der Waals surface area contributed by atoms with E-state index in [0.717, 1.165) is 28.7 Å². The Hall–Kier alpha value is -3.35. The first kappa shape index (κ1) is 23.8. The third kappa shape index (κ3) is 4.65. The molecular weight excluding hydrogens is 432 g/mol. The van der Waals surface area contributed by atoms with Gasteiger partial charge in [-0.1, -0.05) is 61.9 Å². The number of hydrogen-bond acceptors (Lipinski definition) is 4. The summed E-state index contributed by atoms with van der Waals surface area (Å²) < 4.78 is 5.67. The van der Waals surface area contributed by atoms with E-state index in [2.05, 4.69) is 29.6 Å². The van der Waals surface area contributed by atoms with Gasteiger partial charge in [0.25, 0.3) is 0 Å². The predicted molar refractivity (Wildman–Crippen MR) is 129 cm³/mol. The lowest BCUT2D eigenvalue weighted by Gasteiger charge is -2.35. The van der Waals surface area contributed by atoms with Crippen LogP contribution in [0, 0.1) is 0 Å². The summed E-state index contributed by atoms with van der Waals surface area (Å²) in [6, 6.07) is 15.9. The standard InChI is InChI=1S/C27H32N2O5/c1-3-14-27(2,25(32)29-15-8-9-18(29)16-24(30)31)28-26(33)34-17-23-21-12-6-4-10-19(21)20-11-5-7-13-22(20)23/h4-7,10-13,18,23H,3,8-9,14-17H2,1-2H3,(H,28,33)(H,30,31)/t18-,27?/m1/s1. The number of fused-ring (bicyclic) bond motifs is 3. The maximum absolute atomic E-state index is 13.4. The summed E-state index contributed by atoms with van der Waals surface area (Å²) >= 11 is 0. The van der Waals surface area contributed by atoms with Gasteiger partial charge in [-0.25, -0.2) is 4.79 Å². The van der Waals surface area contributed by atoms with Gasteiger partial charge in [0.15, 0.2) is 0 Å². The second kappa shape index (κ2) is 9.87. The van der Waals surface area contributed by atoms with E-state index in [0.29, 0.717) is 25.8 Å². The van der Waals surface area contributed by atoms with Crippen LogP contribution in [0.3, 0.4) is 0 Å². The summed E-state index contributed by atoms with van der Waals surface area (Å²) in [5.74, 6) is -1.23. The van der Waals surface area contributed by atoms with Crippen molar-refractivity contribution in [3.63, 3.8) is 0 Å². The Morgan fingerprint density at radius 2 is 1.71 bits per heavy atom. The summed E-state index contributed by atoms with van der Waals surface area (Å²) in [5, 5.41) is 12.0. The Kier molecular flexibility index (Phi) is 6.91. The summed E-state index contributed by atoms with van der Waals surface area (Å²) in [5.41, 5.74) is 3.39. The number of carbonyl (C=O) groups excluding carboxylic acids is 2. The van der Waals surface area contributed by atoms with Crippen LogP contribution in [0.25, 0.3) is 11.1 Å². The summed E-state index contributed by atoms with van der Waals surface area (Å²) in [6.45, 7) is 4.32. The lowest BCUT2D eigenvalue weighted by molar-refractivity contribution is -0.142. The molecule has 7 nitrogen and oxygen atoms in total. The SMILES string of the molecule is CCCC(C)(NC(=O)OCC1c2ccccc2-c2ccccc21)C(=O)N1CCC[C@@H]1CC(=O)O. The highest BCUT2D eigenvalue weighted by Crippen LogP contribution is 2.44. The minimum Gasteiger partial charge on any atom is -0.481 e. The molecule has 0 spiro atoms. The van der Waals surface area contributed by atoms with Crippen LogP contribution in [-0.4, -0.2) is 52.7 Å². The number of alkyl carbamates (subject to hydrolysis) is 1. The number of aliphatic carboxylic acids is 1. The third-order valence-electron chi connectivity index (χ3n) is 6.99. The van der Waals surface area contributed by atoms with Crippen molar-refractivity contribution in [1.29, 1.82) is 0 Å². The third-order valence-corrected chi connectivity index (χ3v) is 6.99. The van der Waals surface area contributed by atoms with Gasteiger partial charge in [-0.3, -0.25) is 9.59 Å². The van der Waals surface area contributed by atoms with Gasteiger partial charge in [0, 0.05) is 18.5 Å². The van der Waals surface area contributed by atoms with Gasteiger partial charge < -0.3 is 20.1 Å². The van der Waals surface area contributed by atoms with Gasteiger partial charge in [0.1, 0.15) is 12.1 Å². The Bertz CT molecular complexity index is 1040. The van der Waals surface area contributed by atoms with Crippen LogP contribution in [-0.2, 0) is 14.3 Å².